The van der Waals surface area contributed by atoms with Crippen molar-refractivity contribution in [3.05, 3.63) is 23.8 Å². The van der Waals surface area contributed by atoms with Gasteiger partial charge in [0.1, 0.15) is 10.6 Å². The summed E-state index contributed by atoms with van der Waals surface area (Å²) < 4.78 is 32.6. The van der Waals surface area contributed by atoms with Crippen molar-refractivity contribution in [2.45, 2.75) is 57.0 Å². The molecule has 0 saturated heterocycles. The number of benzene rings is 1. The van der Waals surface area contributed by atoms with Crippen molar-refractivity contribution < 1.29 is 17.9 Å². The molecule has 0 aromatic heterocycles. The number of methoxy groups -OCH3 is 1. The Hall–Kier alpha value is -1.35. The maximum atomic E-state index is 12.5. The monoisotopic (exact) mass is 407 g/mol. The van der Waals surface area contributed by atoms with E-state index in [1.807, 2.05) is 0 Å². The third-order valence-electron chi connectivity index (χ3n) is 3.63. The number of carbonyl (C=O) groups is 1. The molecule has 0 bridgehead atoms. The lowest BCUT2D eigenvalue weighted by molar-refractivity contribution is 0.0935. The van der Waals surface area contributed by atoms with Gasteiger partial charge in [-0.05, 0) is 38.5 Å². The first-order valence-electron chi connectivity index (χ1n) is 8.46. The summed E-state index contributed by atoms with van der Waals surface area (Å²) >= 11 is 0. The number of amides is 1. The summed E-state index contributed by atoms with van der Waals surface area (Å²) in [5.41, 5.74) is 5.95. The molecule has 1 unspecified atom stereocenters. The fourth-order valence-corrected chi connectivity index (χ4v) is 3.82. The Balaban J connectivity index is 0.00000625. The van der Waals surface area contributed by atoms with Gasteiger partial charge >= 0.3 is 0 Å². The molecular weight excluding hydrogens is 378 g/mol. The maximum absolute atomic E-state index is 12.5. The van der Waals surface area contributed by atoms with Gasteiger partial charge in [-0.25, -0.2) is 13.1 Å². The van der Waals surface area contributed by atoms with Crippen molar-refractivity contribution in [3.8, 4) is 5.75 Å². The van der Waals surface area contributed by atoms with E-state index in [1.54, 1.807) is 13.8 Å². The Labute approximate surface area is 162 Å². The Bertz CT molecular complexity index is 681. The number of sulfonamides is 1. The molecule has 1 atom stereocenters. The molecular formula is C17H30ClN3O4S. The van der Waals surface area contributed by atoms with Gasteiger partial charge in [0.2, 0.25) is 10.0 Å². The van der Waals surface area contributed by atoms with E-state index in [4.69, 9.17) is 10.5 Å². The van der Waals surface area contributed by atoms with Crippen LogP contribution in [0.15, 0.2) is 23.1 Å². The Kier molecular flexibility index (Phi) is 10.8. The third-order valence-corrected chi connectivity index (χ3v) is 5.31. The summed E-state index contributed by atoms with van der Waals surface area (Å²) in [4.78, 5) is 12.4. The highest BCUT2D eigenvalue weighted by atomic mass is 35.5. The standard InChI is InChI=1S/C17H29N3O4S.ClH/c1-5-6-7-14(11-18)19-17(21)13-8-9-15(24-4)16(10-13)25(22,23)20-12(2)3;/h8-10,12,14,20H,5-7,11,18H2,1-4H3,(H,19,21);1H. The van der Waals surface area contributed by atoms with Crippen molar-refractivity contribution in [2.24, 2.45) is 5.73 Å². The van der Waals surface area contributed by atoms with Crippen LogP contribution in [0, 0.1) is 0 Å². The van der Waals surface area contributed by atoms with E-state index in [1.165, 1.54) is 25.3 Å². The van der Waals surface area contributed by atoms with Crippen LogP contribution in [0.5, 0.6) is 5.75 Å². The number of hydrogen-bond acceptors (Lipinski definition) is 5. The van der Waals surface area contributed by atoms with E-state index >= 15 is 0 Å². The summed E-state index contributed by atoms with van der Waals surface area (Å²) in [6.07, 6.45) is 2.76. The van der Waals surface area contributed by atoms with Crippen molar-refractivity contribution >= 4 is 28.3 Å². The Morgan fingerprint density at radius 2 is 1.96 bits per heavy atom. The minimum atomic E-state index is -3.79. The molecule has 0 spiro atoms. The number of carbonyl (C=O) groups excluding carboxylic acids is 1. The van der Waals surface area contributed by atoms with Crippen LogP contribution in [0.25, 0.3) is 0 Å². The predicted molar refractivity (Wildman–Crippen MR) is 106 cm³/mol. The second-order valence-corrected chi connectivity index (χ2v) is 7.87. The van der Waals surface area contributed by atoms with Gasteiger partial charge in [-0.1, -0.05) is 19.8 Å². The fraction of sp³-hybridized carbons (Fsp3) is 0.588. The first-order valence-corrected chi connectivity index (χ1v) is 9.94. The third kappa shape index (κ3) is 7.11. The zero-order valence-electron chi connectivity index (χ0n) is 15.7. The molecule has 1 rings (SSSR count). The summed E-state index contributed by atoms with van der Waals surface area (Å²) in [7, 11) is -2.40. The van der Waals surface area contributed by atoms with E-state index in [-0.39, 0.29) is 46.6 Å². The highest BCUT2D eigenvalue weighted by Gasteiger charge is 2.23. The van der Waals surface area contributed by atoms with Gasteiger partial charge in [0.25, 0.3) is 5.91 Å². The van der Waals surface area contributed by atoms with Crippen LogP contribution < -0.4 is 20.5 Å². The molecule has 9 heteroatoms. The highest BCUT2D eigenvalue weighted by molar-refractivity contribution is 7.89. The molecule has 26 heavy (non-hydrogen) atoms. The van der Waals surface area contributed by atoms with Crippen molar-refractivity contribution in [1.29, 1.82) is 0 Å². The van der Waals surface area contributed by atoms with Gasteiger partial charge < -0.3 is 15.8 Å². The smallest absolute Gasteiger partial charge is 0.251 e. The summed E-state index contributed by atoms with van der Waals surface area (Å²) in [6.45, 7) is 5.85. The zero-order chi connectivity index (χ0) is 19.0. The van der Waals surface area contributed by atoms with Crippen LogP contribution in [0.1, 0.15) is 50.4 Å². The van der Waals surface area contributed by atoms with E-state index in [2.05, 4.69) is 17.0 Å². The topological polar surface area (TPSA) is 111 Å². The number of rotatable bonds is 10. The molecule has 0 aliphatic rings. The molecule has 1 amide bonds. The first-order chi connectivity index (χ1) is 11.7. The molecule has 1 aromatic rings. The number of nitrogens with one attached hydrogen (secondary N) is 2. The van der Waals surface area contributed by atoms with Gasteiger partial charge in [-0.2, -0.15) is 0 Å². The largest absolute Gasteiger partial charge is 0.495 e. The van der Waals surface area contributed by atoms with Gasteiger partial charge in [-0.15, -0.1) is 12.4 Å². The average Bonchev–Trinajstić information content (AvgIpc) is 2.56. The van der Waals surface area contributed by atoms with Crippen LogP contribution in [0.2, 0.25) is 0 Å². The van der Waals surface area contributed by atoms with Crippen LogP contribution in [0.4, 0.5) is 0 Å². The minimum Gasteiger partial charge on any atom is -0.495 e. The lowest BCUT2D eigenvalue weighted by Crippen LogP contribution is -2.40. The average molecular weight is 408 g/mol. The van der Waals surface area contributed by atoms with Crippen LogP contribution in [0.3, 0.4) is 0 Å². The molecule has 7 nitrogen and oxygen atoms in total. The lowest BCUT2D eigenvalue weighted by Gasteiger charge is -2.18. The predicted octanol–water partition coefficient (Wildman–Crippen LogP) is 2.05. The maximum Gasteiger partial charge on any atom is 0.251 e. The molecule has 0 aliphatic carbocycles. The molecule has 1 aromatic carbocycles. The SMILES string of the molecule is CCCCC(CN)NC(=O)c1ccc(OC)c(S(=O)(=O)NC(C)C)c1.Cl. The van der Waals surface area contributed by atoms with E-state index in [0.717, 1.165) is 19.3 Å². The van der Waals surface area contributed by atoms with E-state index in [0.29, 0.717) is 6.54 Å². The number of hydrogen-bond donors (Lipinski definition) is 3. The molecule has 4 N–H and O–H groups in total. The molecule has 150 valence electrons. The van der Waals surface area contributed by atoms with Crippen molar-refractivity contribution in [2.75, 3.05) is 13.7 Å². The second kappa shape index (κ2) is 11.4. The number of halogens is 1. The molecule has 0 heterocycles. The molecule has 0 aliphatic heterocycles. The van der Waals surface area contributed by atoms with Gasteiger partial charge in [0, 0.05) is 24.2 Å². The van der Waals surface area contributed by atoms with Gasteiger partial charge in [0.15, 0.2) is 0 Å². The van der Waals surface area contributed by atoms with E-state index < -0.39 is 10.0 Å². The van der Waals surface area contributed by atoms with E-state index in [9.17, 15) is 13.2 Å². The minimum absolute atomic E-state index is 0. The van der Waals surface area contributed by atoms with Crippen LogP contribution in [-0.4, -0.2) is 40.1 Å². The first kappa shape index (κ1) is 24.7. The Morgan fingerprint density at radius 1 is 1.31 bits per heavy atom. The van der Waals surface area contributed by atoms with Crippen molar-refractivity contribution in [3.63, 3.8) is 0 Å². The summed E-state index contributed by atoms with van der Waals surface area (Å²) in [5.74, 6) is -0.165. The van der Waals surface area contributed by atoms with Crippen molar-refractivity contribution in [1.82, 2.24) is 10.0 Å². The fourth-order valence-electron chi connectivity index (χ4n) is 2.37. The summed E-state index contributed by atoms with van der Waals surface area (Å²) in [6, 6.07) is 3.93. The quantitative estimate of drug-likeness (QED) is 0.549. The highest BCUT2D eigenvalue weighted by Crippen LogP contribution is 2.25. The second-order valence-electron chi connectivity index (χ2n) is 6.19. The Morgan fingerprint density at radius 3 is 2.46 bits per heavy atom. The lowest BCUT2D eigenvalue weighted by atomic mass is 10.1. The summed E-state index contributed by atoms with van der Waals surface area (Å²) in [5, 5.41) is 2.85. The van der Waals surface area contributed by atoms with Crippen LogP contribution >= 0.6 is 12.4 Å². The normalized spacial score (nSPS) is 12.4. The molecule has 0 radical (unpaired) electrons. The number of unbranched alkanes of at least 4 members (excludes halogenated alkanes) is 1. The molecule has 0 saturated carbocycles. The molecule has 0 fully saturated rings. The number of nitrogens with two attached hydrogens (primary N) is 1. The van der Waals surface area contributed by atoms with Gasteiger partial charge in [-0.3, -0.25) is 4.79 Å². The zero-order valence-corrected chi connectivity index (χ0v) is 17.4. The van der Waals surface area contributed by atoms with Gasteiger partial charge in [0.05, 0.1) is 7.11 Å². The van der Waals surface area contributed by atoms with Crippen LogP contribution in [-0.2, 0) is 10.0 Å². The number of ether oxygens (including phenoxy) is 1.